The van der Waals surface area contributed by atoms with Gasteiger partial charge in [0.2, 0.25) is 5.69 Å². The topological polar surface area (TPSA) is 64.3 Å². The molecule has 0 radical (unpaired) electrons. The number of aliphatic hydroxyl groups excluding tert-OH is 1. The van der Waals surface area contributed by atoms with E-state index in [0.717, 1.165) is 91.3 Å². The largest absolute Gasteiger partial charge is 0.493 e. The van der Waals surface area contributed by atoms with Crippen LogP contribution in [-0.4, -0.2) is 63.7 Å². The number of methoxy groups -OCH3 is 3. The number of rotatable bonds is 8. The van der Waals surface area contributed by atoms with E-state index < -0.39 is 0 Å². The van der Waals surface area contributed by atoms with E-state index in [-0.39, 0.29) is 6.10 Å². The van der Waals surface area contributed by atoms with Gasteiger partial charge in [0.1, 0.15) is 0 Å². The first kappa shape index (κ1) is 23.7. The maximum absolute atomic E-state index is 9.68. The molecule has 0 atom stereocenters. The Bertz CT molecular complexity index is 1200. The summed E-state index contributed by atoms with van der Waals surface area (Å²) in [6.07, 6.45) is 5.63. The van der Waals surface area contributed by atoms with Gasteiger partial charge in [-0.3, -0.25) is 0 Å². The van der Waals surface area contributed by atoms with Crippen molar-refractivity contribution >= 4 is 10.8 Å². The fraction of sp³-hybridized carbons (Fsp3) is 0.464. The SMILES string of the molecule is COc1cc2c(cc1OCCCN1CCC(O)CC1)CC[n+]1cc3c(OC)c(OC)ccc3cc1-2. The monoisotopic (exact) mass is 479 g/mol. The van der Waals surface area contributed by atoms with E-state index in [9.17, 15) is 5.11 Å². The summed E-state index contributed by atoms with van der Waals surface area (Å²) in [6, 6.07) is 10.5. The van der Waals surface area contributed by atoms with Crippen molar-refractivity contribution in [2.75, 3.05) is 47.6 Å². The van der Waals surface area contributed by atoms with Crippen LogP contribution in [0.15, 0.2) is 36.5 Å². The highest BCUT2D eigenvalue weighted by Crippen LogP contribution is 2.40. The second-order valence-electron chi connectivity index (χ2n) is 9.34. The van der Waals surface area contributed by atoms with Gasteiger partial charge in [-0.2, -0.15) is 4.57 Å². The van der Waals surface area contributed by atoms with Crippen molar-refractivity contribution in [1.82, 2.24) is 4.90 Å². The van der Waals surface area contributed by atoms with Crippen molar-refractivity contribution in [3.05, 3.63) is 42.1 Å². The van der Waals surface area contributed by atoms with E-state index in [2.05, 4.69) is 39.9 Å². The summed E-state index contributed by atoms with van der Waals surface area (Å²) in [5.74, 6) is 3.05. The normalized spacial score (nSPS) is 16.0. The maximum atomic E-state index is 9.68. The van der Waals surface area contributed by atoms with Gasteiger partial charge in [0.05, 0.1) is 45.0 Å². The minimum absolute atomic E-state index is 0.131. The van der Waals surface area contributed by atoms with Gasteiger partial charge in [-0.25, -0.2) is 0 Å². The molecule has 5 rings (SSSR count). The van der Waals surface area contributed by atoms with Crippen LogP contribution >= 0.6 is 0 Å². The van der Waals surface area contributed by atoms with Gasteiger partial charge < -0.3 is 29.0 Å². The quantitative estimate of drug-likeness (QED) is 0.394. The van der Waals surface area contributed by atoms with Gasteiger partial charge in [0.15, 0.2) is 35.7 Å². The number of aliphatic hydroxyl groups is 1. The molecule has 0 spiro atoms. The molecule has 0 bridgehead atoms. The van der Waals surface area contributed by atoms with Gasteiger partial charge in [-0.05, 0) is 54.5 Å². The molecule has 7 nitrogen and oxygen atoms in total. The van der Waals surface area contributed by atoms with Crippen LogP contribution in [0.2, 0.25) is 0 Å². The van der Waals surface area contributed by atoms with Crippen molar-refractivity contribution in [2.45, 2.75) is 38.3 Å². The van der Waals surface area contributed by atoms with Crippen LogP contribution in [0.3, 0.4) is 0 Å². The van der Waals surface area contributed by atoms with E-state index in [1.54, 1.807) is 21.3 Å². The van der Waals surface area contributed by atoms with E-state index >= 15 is 0 Å². The predicted octanol–water partition coefficient (Wildman–Crippen LogP) is 3.60. The Hall–Kier alpha value is -3.03. The fourth-order valence-corrected chi connectivity index (χ4v) is 5.27. The number of fused-ring (bicyclic) bond motifs is 4. The molecule has 1 fully saturated rings. The second kappa shape index (κ2) is 10.3. The van der Waals surface area contributed by atoms with Crippen LogP contribution < -0.4 is 23.5 Å². The first-order chi connectivity index (χ1) is 17.1. The van der Waals surface area contributed by atoms with Crippen molar-refractivity contribution in [3.8, 4) is 34.3 Å². The van der Waals surface area contributed by atoms with Gasteiger partial charge in [-0.1, -0.05) is 0 Å². The fourth-order valence-electron chi connectivity index (χ4n) is 5.27. The van der Waals surface area contributed by atoms with Crippen molar-refractivity contribution < 1.29 is 28.6 Å². The average molecular weight is 480 g/mol. The van der Waals surface area contributed by atoms with Crippen LogP contribution in [0.1, 0.15) is 24.8 Å². The van der Waals surface area contributed by atoms with Crippen molar-refractivity contribution in [3.63, 3.8) is 0 Å². The number of benzene rings is 2. The van der Waals surface area contributed by atoms with E-state index in [1.807, 2.05) is 6.07 Å². The minimum Gasteiger partial charge on any atom is -0.493 e. The average Bonchev–Trinajstić information content (AvgIpc) is 2.89. The molecule has 3 heterocycles. The number of ether oxygens (including phenoxy) is 4. The molecule has 0 unspecified atom stereocenters. The molecular formula is C28H35N2O5+. The lowest BCUT2D eigenvalue weighted by Gasteiger charge is -2.29. The lowest BCUT2D eigenvalue weighted by Crippen LogP contribution is -2.40. The van der Waals surface area contributed by atoms with Gasteiger partial charge in [0, 0.05) is 32.1 Å². The summed E-state index contributed by atoms with van der Waals surface area (Å²) in [4.78, 5) is 2.41. The molecule has 7 heteroatoms. The van der Waals surface area contributed by atoms with E-state index in [4.69, 9.17) is 18.9 Å². The first-order valence-electron chi connectivity index (χ1n) is 12.4. The third kappa shape index (κ3) is 4.75. The summed E-state index contributed by atoms with van der Waals surface area (Å²) < 4.78 is 25.3. The molecule has 0 amide bonds. The first-order valence-corrected chi connectivity index (χ1v) is 12.4. The Morgan fingerprint density at radius 3 is 2.51 bits per heavy atom. The minimum atomic E-state index is -0.131. The lowest BCUT2D eigenvalue weighted by molar-refractivity contribution is -0.686. The molecular weight excluding hydrogens is 444 g/mol. The summed E-state index contributed by atoms with van der Waals surface area (Å²) in [5, 5.41) is 11.8. The lowest BCUT2D eigenvalue weighted by atomic mass is 9.95. The predicted molar refractivity (Wildman–Crippen MR) is 135 cm³/mol. The van der Waals surface area contributed by atoms with Crippen molar-refractivity contribution in [1.29, 1.82) is 0 Å². The smallest absolute Gasteiger partial charge is 0.213 e. The molecule has 0 saturated carbocycles. The molecule has 1 saturated heterocycles. The molecule has 0 aliphatic carbocycles. The molecule has 3 aromatic rings. The third-order valence-corrected chi connectivity index (χ3v) is 7.23. The Labute approximate surface area is 206 Å². The zero-order chi connectivity index (χ0) is 24.4. The summed E-state index contributed by atoms with van der Waals surface area (Å²) in [6.45, 7) is 4.45. The summed E-state index contributed by atoms with van der Waals surface area (Å²) in [7, 11) is 5.04. The zero-order valence-electron chi connectivity index (χ0n) is 20.9. The molecule has 1 aromatic heterocycles. The Kier molecular flexibility index (Phi) is 6.97. The van der Waals surface area contributed by atoms with Gasteiger partial charge in [-0.15, -0.1) is 0 Å². The zero-order valence-corrected chi connectivity index (χ0v) is 20.9. The van der Waals surface area contributed by atoms with E-state index in [0.29, 0.717) is 6.61 Å². The number of aromatic nitrogens is 1. The Morgan fingerprint density at radius 1 is 0.971 bits per heavy atom. The number of pyridine rings is 1. The molecule has 2 aliphatic heterocycles. The molecule has 35 heavy (non-hydrogen) atoms. The Morgan fingerprint density at radius 2 is 1.77 bits per heavy atom. The van der Waals surface area contributed by atoms with Crippen LogP contribution in [0, 0.1) is 0 Å². The van der Waals surface area contributed by atoms with Crippen LogP contribution in [0.25, 0.3) is 22.0 Å². The summed E-state index contributed by atoms with van der Waals surface area (Å²) in [5.41, 5.74) is 3.60. The number of hydrogen-bond donors (Lipinski definition) is 1. The molecule has 2 aromatic carbocycles. The molecule has 186 valence electrons. The van der Waals surface area contributed by atoms with Crippen LogP contribution in [0.4, 0.5) is 0 Å². The number of aryl methyl sites for hydroxylation is 2. The van der Waals surface area contributed by atoms with Gasteiger partial charge >= 0.3 is 0 Å². The van der Waals surface area contributed by atoms with Crippen LogP contribution in [0.5, 0.6) is 23.0 Å². The Balaban J connectivity index is 1.36. The maximum Gasteiger partial charge on any atom is 0.213 e. The second-order valence-corrected chi connectivity index (χ2v) is 9.34. The highest BCUT2D eigenvalue weighted by molar-refractivity contribution is 5.91. The number of likely N-dealkylation sites (tertiary alicyclic amines) is 1. The number of nitrogens with zero attached hydrogens (tertiary/aromatic N) is 2. The highest BCUT2D eigenvalue weighted by atomic mass is 16.5. The van der Waals surface area contributed by atoms with Crippen molar-refractivity contribution in [2.24, 2.45) is 0 Å². The van der Waals surface area contributed by atoms with E-state index in [1.165, 1.54) is 11.1 Å². The summed E-state index contributed by atoms with van der Waals surface area (Å²) >= 11 is 0. The number of piperidine rings is 1. The van der Waals surface area contributed by atoms with Crippen LogP contribution in [-0.2, 0) is 13.0 Å². The number of hydrogen-bond acceptors (Lipinski definition) is 6. The van der Waals surface area contributed by atoms with Gasteiger partial charge in [0.25, 0.3) is 0 Å². The highest BCUT2D eigenvalue weighted by Gasteiger charge is 2.27. The molecule has 1 N–H and O–H groups in total. The molecule has 2 aliphatic rings. The standard InChI is InChI=1S/C28H35N2O5/c1-32-25-6-5-19-15-24-22-17-26(33-2)27(35-14-4-10-29-11-8-21(31)9-12-29)16-20(22)7-13-30(24)18-23(19)28(25)34-3/h5-6,15-18,21,31H,4,7-14H2,1-3H3/q+1. The third-order valence-electron chi connectivity index (χ3n) is 7.23.